The third-order valence-corrected chi connectivity index (χ3v) is 5.77. The molecule has 2 N–H and O–H groups in total. The first-order valence-corrected chi connectivity index (χ1v) is 12.1. The number of carbonyl (C=O) groups excluding carboxylic acids is 2. The van der Waals surface area contributed by atoms with Crippen LogP contribution >= 0.6 is 11.8 Å². The van der Waals surface area contributed by atoms with Crippen LogP contribution in [0.2, 0.25) is 0 Å². The molecule has 3 rings (SSSR count). The monoisotopic (exact) mass is 475 g/mol. The highest BCUT2D eigenvalue weighted by Gasteiger charge is 2.04. The van der Waals surface area contributed by atoms with E-state index in [0.29, 0.717) is 18.0 Å². The van der Waals surface area contributed by atoms with Crippen LogP contribution < -0.4 is 15.5 Å². The first-order valence-electron chi connectivity index (χ1n) is 11.0. The lowest BCUT2D eigenvalue weighted by molar-refractivity contribution is -0.123. The van der Waals surface area contributed by atoms with Gasteiger partial charge in [-0.25, -0.2) is 5.43 Å². The summed E-state index contributed by atoms with van der Waals surface area (Å²) in [5, 5.41) is 6.83. The maximum atomic E-state index is 12.0. The van der Waals surface area contributed by atoms with E-state index in [2.05, 4.69) is 47.9 Å². The van der Waals surface area contributed by atoms with E-state index in [-0.39, 0.29) is 18.4 Å². The minimum absolute atomic E-state index is 0.0594. The van der Waals surface area contributed by atoms with Gasteiger partial charge in [0.15, 0.2) is 6.61 Å². The number of hydrazone groups is 1. The zero-order chi connectivity index (χ0) is 24.2. The van der Waals surface area contributed by atoms with Crippen molar-refractivity contribution in [2.24, 2.45) is 5.10 Å². The summed E-state index contributed by atoms with van der Waals surface area (Å²) in [7, 11) is 0. The Kier molecular flexibility index (Phi) is 9.73. The molecule has 0 fully saturated rings. The van der Waals surface area contributed by atoms with Crippen LogP contribution in [0.5, 0.6) is 5.75 Å². The third kappa shape index (κ3) is 9.11. The van der Waals surface area contributed by atoms with Crippen molar-refractivity contribution in [2.75, 3.05) is 12.4 Å². The van der Waals surface area contributed by atoms with Crippen LogP contribution in [0.4, 0.5) is 0 Å². The van der Waals surface area contributed by atoms with Gasteiger partial charge in [-0.2, -0.15) is 5.10 Å². The number of nitrogens with zero attached hydrogens (tertiary/aromatic N) is 1. The largest absolute Gasteiger partial charge is 0.484 e. The second kappa shape index (κ2) is 13.2. The predicted octanol–water partition coefficient (Wildman–Crippen LogP) is 4.38. The van der Waals surface area contributed by atoms with Crippen LogP contribution in [0, 0.1) is 13.8 Å². The van der Waals surface area contributed by atoms with Crippen molar-refractivity contribution < 1.29 is 14.3 Å². The molecule has 2 amide bonds. The molecule has 0 saturated carbocycles. The van der Waals surface area contributed by atoms with Gasteiger partial charge in [0, 0.05) is 12.3 Å². The number of thioether (sulfide) groups is 1. The second-order valence-corrected chi connectivity index (χ2v) is 8.89. The summed E-state index contributed by atoms with van der Waals surface area (Å²) in [6, 6.07) is 23.2. The van der Waals surface area contributed by atoms with Gasteiger partial charge in [0.05, 0.1) is 12.0 Å². The van der Waals surface area contributed by atoms with Crippen molar-refractivity contribution in [2.45, 2.75) is 26.1 Å². The first-order chi connectivity index (χ1) is 16.5. The standard InChI is InChI=1S/C27H29N3O3S/c1-20-12-21(2)14-24(13-20)18-34-19-27(32)30-29-16-23-8-10-25(11-9-23)33-17-26(31)28-15-22-6-4-3-5-7-22/h3-14,16H,15,17-19H2,1-2H3,(H,28,31)(H,30,32)/b29-16-. The van der Waals surface area contributed by atoms with Crippen molar-refractivity contribution in [3.8, 4) is 5.75 Å². The molecule has 0 unspecified atom stereocenters. The van der Waals surface area contributed by atoms with Gasteiger partial charge < -0.3 is 10.1 Å². The Labute approximate surface area is 204 Å². The average Bonchev–Trinajstić information content (AvgIpc) is 2.82. The van der Waals surface area contributed by atoms with Gasteiger partial charge >= 0.3 is 0 Å². The number of amides is 2. The Hall–Kier alpha value is -3.58. The van der Waals surface area contributed by atoms with E-state index in [9.17, 15) is 9.59 Å². The maximum Gasteiger partial charge on any atom is 0.258 e. The molecular formula is C27H29N3O3S. The summed E-state index contributed by atoms with van der Waals surface area (Å²) in [4.78, 5) is 23.9. The van der Waals surface area contributed by atoms with Crippen LogP contribution in [0.15, 0.2) is 77.9 Å². The van der Waals surface area contributed by atoms with Crippen molar-refractivity contribution in [3.05, 3.63) is 101 Å². The maximum absolute atomic E-state index is 12.0. The number of nitrogens with one attached hydrogen (secondary N) is 2. The third-order valence-electron chi connectivity index (χ3n) is 4.77. The van der Waals surface area contributed by atoms with E-state index < -0.39 is 0 Å². The van der Waals surface area contributed by atoms with Gasteiger partial charge in [-0.05, 0) is 54.8 Å². The van der Waals surface area contributed by atoms with Crippen LogP contribution in [0.1, 0.15) is 27.8 Å². The van der Waals surface area contributed by atoms with Crippen LogP contribution in [0.3, 0.4) is 0 Å². The molecule has 0 aliphatic rings. The number of aryl methyl sites for hydroxylation is 2. The highest BCUT2D eigenvalue weighted by atomic mass is 32.2. The fraction of sp³-hybridized carbons (Fsp3) is 0.222. The highest BCUT2D eigenvalue weighted by molar-refractivity contribution is 7.99. The van der Waals surface area contributed by atoms with E-state index in [0.717, 1.165) is 16.9 Å². The fourth-order valence-electron chi connectivity index (χ4n) is 3.27. The molecule has 6 nitrogen and oxygen atoms in total. The Balaban J connectivity index is 1.33. The van der Waals surface area contributed by atoms with Crippen molar-refractivity contribution in [1.82, 2.24) is 10.7 Å². The summed E-state index contributed by atoms with van der Waals surface area (Å²) in [6.45, 7) is 4.56. The van der Waals surface area contributed by atoms with Crippen molar-refractivity contribution in [1.29, 1.82) is 0 Å². The summed E-state index contributed by atoms with van der Waals surface area (Å²) >= 11 is 1.55. The SMILES string of the molecule is Cc1cc(C)cc(CSCC(=O)N/N=C\c2ccc(OCC(=O)NCc3ccccc3)cc2)c1. The number of rotatable bonds is 11. The number of carbonyl (C=O) groups is 2. The Morgan fingerprint density at radius 1 is 0.912 bits per heavy atom. The molecular weight excluding hydrogens is 446 g/mol. The van der Waals surface area contributed by atoms with Gasteiger partial charge in [-0.3, -0.25) is 9.59 Å². The molecule has 34 heavy (non-hydrogen) atoms. The molecule has 3 aromatic rings. The van der Waals surface area contributed by atoms with E-state index >= 15 is 0 Å². The Morgan fingerprint density at radius 3 is 2.32 bits per heavy atom. The smallest absolute Gasteiger partial charge is 0.258 e. The molecule has 0 bridgehead atoms. The Bertz CT molecular complexity index is 1100. The zero-order valence-electron chi connectivity index (χ0n) is 19.4. The number of benzene rings is 3. The van der Waals surface area contributed by atoms with Crippen LogP contribution in [0.25, 0.3) is 0 Å². The lowest BCUT2D eigenvalue weighted by atomic mass is 10.1. The zero-order valence-corrected chi connectivity index (χ0v) is 20.2. The van der Waals surface area contributed by atoms with E-state index in [1.807, 2.05) is 42.5 Å². The average molecular weight is 476 g/mol. The van der Waals surface area contributed by atoms with Crippen LogP contribution in [-0.2, 0) is 21.9 Å². The van der Waals surface area contributed by atoms with Crippen LogP contribution in [-0.4, -0.2) is 30.4 Å². The lowest BCUT2D eigenvalue weighted by Gasteiger charge is -2.08. The van der Waals surface area contributed by atoms with Gasteiger partial charge in [-0.1, -0.05) is 59.7 Å². The van der Waals surface area contributed by atoms with E-state index in [4.69, 9.17) is 4.74 Å². The molecule has 0 aliphatic carbocycles. The number of hydrogen-bond donors (Lipinski definition) is 2. The molecule has 7 heteroatoms. The molecule has 0 aromatic heterocycles. The summed E-state index contributed by atoms with van der Waals surface area (Å²) < 4.78 is 5.52. The summed E-state index contributed by atoms with van der Waals surface area (Å²) in [6.07, 6.45) is 1.57. The Morgan fingerprint density at radius 2 is 1.62 bits per heavy atom. The lowest BCUT2D eigenvalue weighted by Crippen LogP contribution is -2.28. The highest BCUT2D eigenvalue weighted by Crippen LogP contribution is 2.15. The molecule has 0 radical (unpaired) electrons. The summed E-state index contributed by atoms with van der Waals surface area (Å²) in [5.74, 6) is 1.37. The molecule has 176 valence electrons. The minimum atomic E-state index is -0.187. The van der Waals surface area contributed by atoms with Gasteiger partial charge in [-0.15, -0.1) is 11.8 Å². The molecule has 0 aliphatic heterocycles. The van der Waals surface area contributed by atoms with Crippen molar-refractivity contribution >= 4 is 29.8 Å². The molecule has 3 aromatic carbocycles. The predicted molar refractivity (Wildman–Crippen MR) is 138 cm³/mol. The molecule has 0 spiro atoms. The molecule has 0 heterocycles. The summed E-state index contributed by atoms with van der Waals surface area (Å²) in [5.41, 5.74) is 8.07. The second-order valence-electron chi connectivity index (χ2n) is 7.90. The molecule has 0 saturated heterocycles. The van der Waals surface area contributed by atoms with Gasteiger partial charge in [0.25, 0.3) is 5.91 Å². The van der Waals surface area contributed by atoms with Gasteiger partial charge in [0.2, 0.25) is 5.91 Å². The normalized spacial score (nSPS) is 10.8. The van der Waals surface area contributed by atoms with Gasteiger partial charge in [0.1, 0.15) is 5.75 Å². The topological polar surface area (TPSA) is 79.8 Å². The number of ether oxygens (including phenoxy) is 1. The fourth-order valence-corrected chi connectivity index (χ4v) is 4.03. The quantitative estimate of drug-likeness (QED) is 0.319. The first kappa shape index (κ1) is 25.1. The minimum Gasteiger partial charge on any atom is -0.484 e. The molecule has 0 atom stereocenters. The van der Waals surface area contributed by atoms with Crippen molar-refractivity contribution in [3.63, 3.8) is 0 Å². The number of hydrogen-bond acceptors (Lipinski definition) is 5. The van der Waals surface area contributed by atoms with E-state index in [1.165, 1.54) is 16.7 Å². The van der Waals surface area contributed by atoms with E-state index in [1.54, 1.807) is 30.1 Å².